The molecule has 0 saturated carbocycles. The molecule has 0 saturated heterocycles. The van der Waals surface area contributed by atoms with Gasteiger partial charge in [0.15, 0.2) is 5.69 Å². The SMILES string of the molecule is Cc1ccc(Oc2c(C#N)c(C(=O)O)nn2-c2ccc(Cl)cc2Cl)cc1C. The fourth-order valence-corrected chi connectivity index (χ4v) is 2.94. The van der Waals surface area contributed by atoms with Crippen LogP contribution in [0, 0.1) is 25.2 Å². The second-order valence-electron chi connectivity index (χ2n) is 5.80. The number of rotatable bonds is 4. The summed E-state index contributed by atoms with van der Waals surface area (Å²) in [4.78, 5) is 11.5. The smallest absolute Gasteiger partial charge is 0.357 e. The van der Waals surface area contributed by atoms with Crippen LogP contribution in [0.25, 0.3) is 5.69 Å². The first-order chi connectivity index (χ1) is 12.8. The van der Waals surface area contributed by atoms with Crippen LogP contribution in [0.15, 0.2) is 36.4 Å². The number of hydrogen-bond acceptors (Lipinski definition) is 4. The number of nitrogens with zero attached hydrogens (tertiary/aromatic N) is 3. The van der Waals surface area contributed by atoms with Crippen molar-refractivity contribution in [3.8, 4) is 23.4 Å². The number of carbonyl (C=O) groups is 1. The maximum absolute atomic E-state index is 11.5. The van der Waals surface area contributed by atoms with E-state index in [9.17, 15) is 15.2 Å². The van der Waals surface area contributed by atoms with Gasteiger partial charge in [0.1, 0.15) is 17.4 Å². The van der Waals surface area contributed by atoms with Gasteiger partial charge in [0.25, 0.3) is 0 Å². The average molecular weight is 402 g/mol. The molecule has 0 spiro atoms. The van der Waals surface area contributed by atoms with E-state index < -0.39 is 11.7 Å². The molecule has 0 aliphatic heterocycles. The molecule has 0 bridgehead atoms. The number of benzene rings is 2. The average Bonchev–Trinajstić information content (AvgIpc) is 2.96. The molecule has 0 radical (unpaired) electrons. The lowest BCUT2D eigenvalue weighted by molar-refractivity contribution is 0.0689. The lowest BCUT2D eigenvalue weighted by Gasteiger charge is -2.12. The summed E-state index contributed by atoms with van der Waals surface area (Å²) >= 11 is 12.2. The molecule has 1 heterocycles. The molecule has 3 rings (SSSR count). The number of aryl methyl sites for hydroxylation is 2. The Hall–Kier alpha value is -3.01. The van der Waals surface area contributed by atoms with Crippen molar-refractivity contribution in [1.29, 1.82) is 5.26 Å². The highest BCUT2D eigenvalue weighted by molar-refractivity contribution is 6.35. The first kappa shape index (κ1) is 18.8. The Kier molecular flexibility index (Phi) is 5.08. The molecule has 3 aromatic rings. The minimum absolute atomic E-state index is 0.0395. The molecule has 0 aliphatic rings. The zero-order chi connectivity index (χ0) is 19.7. The summed E-state index contributed by atoms with van der Waals surface area (Å²) in [5.41, 5.74) is 1.77. The Balaban J connectivity index is 2.22. The van der Waals surface area contributed by atoms with E-state index in [0.29, 0.717) is 16.5 Å². The van der Waals surface area contributed by atoms with E-state index in [1.54, 1.807) is 24.3 Å². The van der Waals surface area contributed by atoms with Crippen molar-refractivity contribution in [1.82, 2.24) is 9.78 Å². The van der Waals surface area contributed by atoms with Gasteiger partial charge in [-0.1, -0.05) is 29.3 Å². The van der Waals surface area contributed by atoms with Crippen molar-refractivity contribution in [3.63, 3.8) is 0 Å². The molecule has 1 N–H and O–H groups in total. The summed E-state index contributed by atoms with van der Waals surface area (Å²) in [6.07, 6.45) is 0. The van der Waals surface area contributed by atoms with Crippen LogP contribution in [0.1, 0.15) is 27.2 Å². The summed E-state index contributed by atoms with van der Waals surface area (Å²) < 4.78 is 7.05. The van der Waals surface area contributed by atoms with Gasteiger partial charge in [-0.15, -0.1) is 0 Å². The van der Waals surface area contributed by atoms with Crippen molar-refractivity contribution in [2.24, 2.45) is 0 Å². The zero-order valence-electron chi connectivity index (χ0n) is 14.3. The number of ether oxygens (including phenoxy) is 1. The number of nitriles is 1. The number of aromatic carboxylic acids is 1. The molecule has 0 amide bonds. The Morgan fingerprint density at radius 2 is 1.93 bits per heavy atom. The number of halogens is 2. The summed E-state index contributed by atoms with van der Waals surface area (Å²) in [5, 5.41) is 23.6. The van der Waals surface area contributed by atoms with Crippen LogP contribution in [0.5, 0.6) is 11.6 Å². The van der Waals surface area contributed by atoms with Gasteiger partial charge in [-0.2, -0.15) is 15.0 Å². The highest BCUT2D eigenvalue weighted by atomic mass is 35.5. The van der Waals surface area contributed by atoms with Crippen molar-refractivity contribution < 1.29 is 14.6 Å². The van der Waals surface area contributed by atoms with Crippen molar-refractivity contribution >= 4 is 29.2 Å². The first-order valence-corrected chi connectivity index (χ1v) is 8.54. The van der Waals surface area contributed by atoms with E-state index in [4.69, 9.17) is 27.9 Å². The predicted molar refractivity (Wildman–Crippen MR) is 101 cm³/mol. The van der Waals surface area contributed by atoms with Gasteiger partial charge >= 0.3 is 5.97 Å². The molecule has 6 nitrogen and oxygen atoms in total. The second-order valence-corrected chi connectivity index (χ2v) is 6.65. The van der Waals surface area contributed by atoms with Crippen LogP contribution in [-0.4, -0.2) is 20.9 Å². The molecule has 1 aromatic heterocycles. The zero-order valence-corrected chi connectivity index (χ0v) is 15.8. The number of carboxylic acid groups (broad SMARTS) is 1. The van der Waals surface area contributed by atoms with E-state index in [0.717, 1.165) is 11.1 Å². The van der Waals surface area contributed by atoms with Gasteiger partial charge in [-0.05, 0) is 55.3 Å². The van der Waals surface area contributed by atoms with Gasteiger partial charge < -0.3 is 9.84 Å². The van der Waals surface area contributed by atoms with Crippen LogP contribution < -0.4 is 4.74 Å². The number of carboxylic acids is 1. The van der Waals surface area contributed by atoms with E-state index in [2.05, 4.69) is 5.10 Å². The van der Waals surface area contributed by atoms with Crippen molar-refractivity contribution in [2.75, 3.05) is 0 Å². The fourth-order valence-electron chi connectivity index (χ4n) is 2.45. The van der Waals surface area contributed by atoms with Crippen LogP contribution in [0.3, 0.4) is 0 Å². The molecule has 0 fully saturated rings. The molecular weight excluding hydrogens is 389 g/mol. The minimum Gasteiger partial charge on any atom is -0.476 e. The summed E-state index contributed by atoms with van der Waals surface area (Å²) in [6, 6.07) is 11.9. The summed E-state index contributed by atoms with van der Waals surface area (Å²) in [5.74, 6) is -0.944. The van der Waals surface area contributed by atoms with Crippen LogP contribution in [0.4, 0.5) is 0 Å². The maximum Gasteiger partial charge on any atom is 0.357 e. The number of aromatic nitrogens is 2. The molecule has 8 heteroatoms. The fraction of sp³-hybridized carbons (Fsp3) is 0.105. The third kappa shape index (κ3) is 3.61. The monoisotopic (exact) mass is 401 g/mol. The first-order valence-electron chi connectivity index (χ1n) is 7.78. The lowest BCUT2D eigenvalue weighted by Crippen LogP contribution is -2.03. The number of hydrogen-bond donors (Lipinski definition) is 1. The van der Waals surface area contributed by atoms with Crippen LogP contribution in [-0.2, 0) is 0 Å². The molecule has 0 aliphatic carbocycles. The topological polar surface area (TPSA) is 88.1 Å². The Morgan fingerprint density at radius 3 is 2.52 bits per heavy atom. The molecule has 0 unspecified atom stereocenters. The normalized spacial score (nSPS) is 10.5. The molecule has 27 heavy (non-hydrogen) atoms. The predicted octanol–water partition coefficient (Wildman–Crippen LogP) is 5.16. The Bertz CT molecular complexity index is 1100. The van der Waals surface area contributed by atoms with E-state index >= 15 is 0 Å². The molecule has 2 aromatic carbocycles. The van der Waals surface area contributed by atoms with E-state index in [1.165, 1.54) is 10.7 Å². The third-order valence-electron chi connectivity index (χ3n) is 3.99. The summed E-state index contributed by atoms with van der Waals surface area (Å²) in [6.45, 7) is 3.88. The van der Waals surface area contributed by atoms with Gasteiger partial charge in [-0.3, -0.25) is 0 Å². The minimum atomic E-state index is -1.35. The second kappa shape index (κ2) is 7.31. The van der Waals surface area contributed by atoms with Crippen molar-refractivity contribution in [3.05, 3.63) is 68.8 Å². The molecular formula is C19H13Cl2N3O3. The van der Waals surface area contributed by atoms with E-state index in [-0.39, 0.29) is 16.5 Å². The Labute approximate surface area is 165 Å². The highest BCUT2D eigenvalue weighted by Gasteiger charge is 2.26. The van der Waals surface area contributed by atoms with Gasteiger partial charge in [0.05, 0.1) is 10.7 Å². The van der Waals surface area contributed by atoms with Gasteiger partial charge in [0, 0.05) is 5.02 Å². The van der Waals surface area contributed by atoms with Crippen LogP contribution >= 0.6 is 23.2 Å². The molecule has 0 atom stereocenters. The third-order valence-corrected chi connectivity index (χ3v) is 4.53. The standard InChI is InChI=1S/C19H13Cl2N3O3/c1-10-3-5-13(7-11(10)2)27-18-14(9-22)17(19(25)26)23-24(18)16-6-4-12(20)8-15(16)21/h3-8H,1-2H3,(H,25,26). The quantitative estimate of drug-likeness (QED) is 0.652. The molecule has 136 valence electrons. The Morgan fingerprint density at radius 1 is 1.19 bits per heavy atom. The maximum atomic E-state index is 11.5. The summed E-state index contributed by atoms with van der Waals surface area (Å²) in [7, 11) is 0. The van der Waals surface area contributed by atoms with E-state index in [1.807, 2.05) is 26.0 Å². The van der Waals surface area contributed by atoms with Gasteiger partial charge in [0.2, 0.25) is 5.88 Å². The van der Waals surface area contributed by atoms with Gasteiger partial charge in [-0.25, -0.2) is 4.79 Å². The largest absolute Gasteiger partial charge is 0.476 e. The van der Waals surface area contributed by atoms with Crippen LogP contribution in [0.2, 0.25) is 10.0 Å². The lowest BCUT2D eigenvalue weighted by atomic mass is 10.1. The van der Waals surface area contributed by atoms with Crippen molar-refractivity contribution in [2.45, 2.75) is 13.8 Å². The highest BCUT2D eigenvalue weighted by Crippen LogP contribution is 2.34.